The minimum absolute atomic E-state index is 0.165. The molecule has 1 saturated heterocycles. The third-order valence-electron chi connectivity index (χ3n) is 6.35. The maximum absolute atomic E-state index is 12.9. The van der Waals surface area contributed by atoms with Crippen molar-refractivity contribution in [2.24, 2.45) is 0 Å². The van der Waals surface area contributed by atoms with Crippen LogP contribution in [0.5, 0.6) is 5.75 Å². The lowest BCUT2D eigenvalue weighted by molar-refractivity contribution is 0.246. The van der Waals surface area contributed by atoms with Crippen LogP contribution in [0.25, 0.3) is 22.1 Å². The van der Waals surface area contributed by atoms with E-state index in [4.69, 9.17) is 4.42 Å². The highest BCUT2D eigenvalue weighted by Crippen LogP contribution is 2.33. The van der Waals surface area contributed by atoms with Gasteiger partial charge in [-0.05, 0) is 42.3 Å². The van der Waals surface area contributed by atoms with Gasteiger partial charge in [0.25, 0.3) is 0 Å². The highest BCUT2D eigenvalue weighted by Gasteiger charge is 2.22. The number of fused-ring (bicyclic) bond motifs is 1. The minimum atomic E-state index is -0.373. The number of nitrogens with zero attached hydrogens (tertiary/aromatic N) is 2. The quantitative estimate of drug-likeness (QED) is 0.475. The summed E-state index contributed by atoms with van der Waals surface area (Å²) in [5.74, 6) is 0.165. The van der Waals surface area contributed by atoms with Gasteiger partial charge >= 0.3 is 5.63 Å². The van der Waals surface area contributed by atoms with Gasteiger partial charge in [-0.1, -0.05) is 48.5 Å². The Kier molecular flexibility index (Phi) is 5.41. The molecular formula is C27H26N2O3. The number of rotatable bonds is 4. The Hall–Kier alpha value is -3.57. The molecule has 32 heavy (non-hydrogen) atoms. The first kappa shape index (κ1) is 20.3. The van der Waals surface area contributed by atoms with Gasteiger partial charge in [-0.3, -0.25) is 4.90 Å². The van der Waals surface area contributed by atoms with Gasteiger partial charge in [-0.25, -0.2) is 4.79 Å². The average Bonchev–Trinajstić information content (AvgIpc) is 2.83. The van der Waals surface area contributed by atoms with Crippen LogP contribution < -0.4 is 10.5 Å². The van der Waals surface area contributed by atoms with E-state index < -0.39 is 0 Å². The third-order valence-corrected chi connectivity index (χ3v) is 6.35. The second kappa shape index (κ2) is 8.52. The zero-order valence-electron chi connectivity index (χ0n) is 18.1. The van der Waals surface area contributed by atoms with Gasteiger partial charge in [-0.15, -0.1) is 0 Å². The molecule has 4 aromatic rings. The van der Waals surface area contributed by atoms with Crippen LogP contribution in [-0.4, -0.2) is 36.2 Å². The Balaban J connectivity index is 1.45. The Morgan fingerprint density at radius 2 is 1.53 bits per heavy atom. The molecule has 1 aromatic heterocycles. The smallest absolute Gasteiger partial charge is 0.344 e. The fourth-order valence-corrected chi connectivity index (χ4v) is 4.58. The van der Waals surface area contributed by atoms with E-state index in [-0.39, 0.29) is 11.4 Å². The molecule has 162 valence electrons. The van der Waals surface area contributed by atoms with E-state index in [9.17, 15) is 9.90 Å². The molecule has 0 atom stereocenters. The monoisotopic (exact) mass is 426 g/mol. The van der Waals surface area contributed by atoms with Crippen LogP contribution in [0.2, 0.25) is 0 Å². The van der Waals surface area contributed by atoms with Crippen molar-refractivity contribution in [3.8, 4) is 16.9 Å². The number of para-hydroxylation sites is 1. The number of piperazine rings is 1. The highest BCUT2D eigenvalue weighted by molar-refractivity contribution is 5.89. The lowest BCUT2D eigenvalue weighted by Crippen LogP contribution is -2.46. The van der Waals surface area contributed by atoms with Crippen molar-refractivity contribution >= 4 is 16.7 Å². The Morgan fingerprint density at radius 1 is 0.875 bits per heavy atom. The molecule has 5 nitrogen and oxygen atoms in total. The van der Waals surface area contributed by atoms with Crippen LogP contribution in [0.3, 0.4) is 0 Å². The molecule has 0 saturated carbocycles. The van der Waals surface area contributed by atoms with Crippen molar-refractivity contribution in [1.82, 2.24) is 4.90 Å². The van der Waals surface area contributed by atoms with Crippen molar-refractivity contribution < 1.29 is 9.52 Å². The van der Waals surface area contributed by atoms with Gasteiger partial charge in [0.15, 0.2) is 0 Å². The van der Waals surface area contributed by atoms with Crippen molar-refractivity contribution in [2.45, 2.75) is 13.5 Å². The highest BCUT2D eigenvalue weighted by atomic mass is 16.4. The summed E-state index contributed by atoms with van der Waals surface area (Å²) >= 11 is 0. The molecule has 1 aliphatic rings. The Labute approximate surface area is 187 Å². The maximum Gasteiger partial charge on any atom is 0.344 e. The standard InChI is InChI=1S/C27H26N2O3/c1-19-22-12-13-24(30)23(26(22)32-27(31)25(19)20-8-4-2-5-9-20)18-28-14-16-29(17-15-28)21-10-6-3-7-11-21/h2-13,30H,14-18H2,1H3. The van der Waals surface area contributed by atoms with Crippen molar-refractivity contribution in [3.05, 3.63) is 94.3 Å². The van der Waals surface area contributed by atoms with Crippen LogP contribution in [0.4, 0.5) is 5.69 Å². The molecule has 1 aliphatic heterocycles. The lowest BCUT2D eigenvalue weighted by Gasteiger charge is -2.36. The second-order valence-corrected chi connectivity index (χ2v) is 8.29. The second-order valence-electron chi connectivity index (χ2n) is 8.29. The van der Waals surface area contributed by atoms with E-state index in [2.05, 4.69) is 34.1 Å². The molecule has 0 spiro atoms. The summed E-state index contributed by atoms with van der Waals surface area (Å²) in [5, 5.41) is 11.5. The molecule has 5 rings (SSSR count). The van der Waals surface area contributed by atoms with Crippen molar-refractivity contribution in [3.63, 3.8) is 0 Å². The zero-order valence-corrected chi connectivity index (χ0v) is 18.1. The molecule has 3 aromatic carbocycles. The number of phenols is 1. The first-order chi connectivity index (χ1) is 15.6. The van der Waals surface area contributed by atoms with E-state index in [1.165, 1.54) is 5.69 Å². The summed E-state index contributed by atoms with van der Waals surface area (Å²) in [5.41, 5.74) is 4.31. The number of hydrogen-bond donors (Lipinski definition) is 1. The normalized spacial score (nSPS) is 14.7. The summed E-state index contributed by atoms with van der Waals surface area (Å²) in [6, 6.07) is 23.5. The predicted molar refractivity (Wildman–Crippen MR) is 128 cm³/mol. The van der Waals surface area contributed by atoms with Crippen LogP contribution in [0, 0.1) is 6.92 Å². The molecule has 5 heteroatoms. The van der Waals surface area contributed by atoms with E-state index in [0.29, 0.717) is 23.3 Å². The summed E-state index contributed by atoms with van der Waals surface area (Å²) < 4.78 is 5.82. The van der Waals surface area contributed by atoms with Gasteiger partial charge in [0, 0.05) is 43.8 Å². The number of benzene rings is 3. The molecule has 1 fully saturated rings. The summed E-state index contributed by atoms with van der Waals surface area (Å²) in [4.78, 5) is 17.6. The van der Waals surface area contributed by atoms with Crippen LogP contribution in [0.15, 0.2) is 82.0 Å². The van der Waals surface area contributed by atoms with Crippen molar-refractivity contribution in [1.29, 1.82) is 0 Å². The Bertz CT molecular complexity index is 1290. The number of hydrogen-bond acceptors (Lipinski definition) is 5. The molecule has 0 radical (unpaired) electrons. The van der Waals surface area contributed by atoms with Gasteiger partial charge in [0.1, 0.15) is 11.3 Å². The zero-order chi connectivity index (χ0) is 22.1. The number of aromatic hydroxyl groups is 1. The minimum Gasteiger partial charge on any atom is -0.507 e. The largest absolute Gasteiger partial charge is 0.507 e. The maximum atomic E-state index is 12.9. The molecule has 0 unspecified atom stereocenters. The van der Waals surface area contributed by atoms with E-state index >= 15 is 0 Å². The Morgan fingerprint density at radius 3 is 2.22 bits per heavy atom. The topological polar surface area (TPSA) is 56.9 Å². The first-order valence-corrected chi connectivity index (χ1v) is 11.0. The molecule has 0 amide bonds. The molecule has 0 bridgehead atoms. The van der Waals surface area contributed by atoms with Gasteiger partial charge in [0.2, 0.25) is 0 Å². The van der Waals surface area contributed by atoms with Gasteiger partial charge in [-0.2, -0.15) is 0 Å². The fourth-order valence-electron chi connectivity index (χ4n) is 4.58. The lowest BCUT2D eigenvalue weighted by atomic mass is 9.98. The van der Waals surface area contributed by atoms with E-state index in [0.717, 1.165) is 42.7 Å². The van der Waals surface area contributed by atoms with E-state index in [1.807, 2.05) is 49.4 Å². The van der Waals surface area contributed by atoms with E-state index in [1.54, 1.807) is 6.07 Å². The number of aryl methyl sites for hydroxylation is 1. The molecular weight excluding hydrogens is 400 g/mol. The van der Waals surface area contributed by atoms with Crippen LogP contribution in [-0.2, 0) is 6.54 Å². The van der Waals surface area contributed by atoms with Gasteiger partial charge < -0.3 is 14.4 Å². The van der Waals surface area contributed by atoms with Crippen LogP contribution in [0.1, 0.15) is 11.1 Å². The number of phenolic OH excluding ortho intramolecular Hbond substituents is 1. The number of anilines is 1. The summed E-state index contributed by atoms with van der Waals surface area (Å²) in [6.45, 7) is 6.05. The molecule has 1 N–H and O–H groups in total. The predicted octanol–water partition coefficient (Wildman–Crippen LogP) is 4.80. The summed E-state index contributed by atoms with van der Waals surface area (Å²) in [6.07, 6.45) is 0. The summed E-state index contributed by atoms with van der Waals surface area (Å²) in [7, 11) is 0. The fraction of sp³-hybridized carbons (Fsp3) is 0.222. The third kappa shape index (κ3) is 3.76. The first-order valence-electron chi connectivity index (χ1n) is 11.0. The van der Waals surface area contributed by atoms with Crippen molar-refractivity contribution in [2.75, 3.05) is 31.1 Å². The van der Waals surface area contributed by atoms with Gasteiger partial charge in [0.05, 0.1) is 11.1 Å². The molecule has 0 aliphatic carbocycles. The molecule has 2 heterocycles. The average molecular weight is 427 g/mol. The van der Waals surface area contributed by atoms with Crippen LogP contribution >= 0.6 is 0 Å². The SMILES string of the molecule is Cc1c(-c2ccccc2)c(=O)oc2c(CN3CCN(c4ccccc4)CC3)c(O)ccc12.